The van der Waals surface area contributed by atoms with Crippen molar-refractivity contribution < 1.29 is 14.7 Å². The van der Waals surface area contributed by atoms with Crippen molar-refractivity contribution in [2.24, 2.45) is 0 Å². The van der Waals surface area contributed by atoms with Crippen molar-refractivity contribution in [2.75, 3.05) is 0 Å². The summed E-state index contributed by atoms with van der Waals surface area (Å²) < 4.78 is 0. The van der Waals surface area contributed by atoms with Crippen LogP contribution in [0, 0.1) is 6.92 Å². The number of benzene rings is 2. The molecule has 0 radical (unpaired) electrons. The Labute approximate surface area is 104 Å². The topological polar surface area (TPSA) is 54.4 Å². The number of phenols is 1. The summed E-state index contributed by atoms with van der Waals surface area (Å²) in [5.41, 5.74) is 2.41. The molecule has 0 amide bonds. The van der Waals surface area contributed by atoms with Gasteiger partial charge in [0.25, 0.3) is 0 Å². The first-order valence-electron chi connectivity index (χ1n) is 5.61. The van der Waals surface area contributed by atoms with Crippen molar-refractivity contribution in [3.05, 3.63) is 64.2 Å². The van der Waals surface area contributed by atoms with E-state index < -0.39 is 0 Å². The van der Waals surface area contributed by atoms with Crippen LogP contribution in [0.1, 0.15) is 37.4 Å². The molecule has 18 heavy (non-hydrogen) atoms. The molecule has 0 fully saturated rings. The van der Waals surface area contributed by atoms with Gasteiger partial charge >= 0.3 is 0 Å². The highest BCUT2D eigenvalue weighted by molar-refractivity contribution is 6.28. The Morgan fingerprint density at radius 2 is 1.33 bits per heavy atom. The van der Waals surface area contributed by atoms with Crippen molar-refractivity contribution in [3.8, 4) is 5.75 Å². The molecule has 3 rings (SSSR count). The van der Waals surface area contributed by atoms with Crippen LogP contribution >= 0.6 is 0 Å². The summed E-state index contributed by atoms with van der Waals surface area (Å²) >= 11 is 0. The van der Waals surface area contributed by atoms with Gasteiger partial charge < -0.3 is 5.11 Å². The molecule has 1 aliphatic rings. The molecule has 0 aromatic heterocycles. The zero-order valence-electron chi connectivity index (χ0n) is 9.73. The number of hydrogen-bond acceptors (Lipinski definition) is 3. The van der Waals surface area contributed by atoms with Crippen LogP contribution in [0.5, 0.6) is 5.75 Å². The Kier molecular flexibility index (Phi) is 2.10. The fraction of sp³-hybridized carbons (Fsp3) is 0.0667. The zero-order valence-corrected chi connectivity index (χ0v) is 9.73. The Balaban J connectivity index is 2.32. The van der Waals surface area contributed by atoms with Crippen LogP contribution in [0.3, 0.4) is 0 Å². The summed E-state index contributed by atoms with van der Waals surface area (Å²) in [6.45, 7) is 1.87. The normalized spacial score (nSPS) is 13.2. The second kappa shape index (κ2) is 3.53. The molecular weight excluding hydrogens is 228 g/mol. The Morgan fingerprint density at radius 3 is 2.06 bits per heavy atom. The molecule has 0 unspecified atom stereocenters. The fourth-order valence-corrected chi connectivity index (χ4v) is 2.25. The summed E-state index contributed by atoms with van der Waals surface area (Å²) in [4.78, 5) is 24.5. The minimum atomic E-state index is -0.209. The Morgan fingerprint density at radius 1 is 0.778 bits per heavy atom. The minimum absolute atomic E-state index is 0.00833. The van der Waals surface area contributed by atoms with Crippen molar-refractivity contribution in [2.45, 2.75) is 6.92 Å². The number of phenolic OH excluding ortho intramolecular Hbond substituents is 1. The third-order valence-electron chi connectivity index (χ3n) is 3.16. The van der Waals surface area contributed by atoms with E-state index in [4.69, 9.17) is 0 Å². The number of hydrogen-bond donors (Lipinski definition) is 1. The van der Waals surface area contributed by atoms with Gasteiger partial charge in [0.15, 0.2) is 11.6 Å². The van der Waals surface area contributed by atoms with Crippen LogP contribution in [0.15, 0.2) is 36.4 Å². The second-order valence-electron chi connectivity index (χ2n) is 4.44. The molecule has 1 aliphatic carbocycles. The molecule has 0 spiro atoms. The molecule has 0 aliphatic heterocycles. The Hall–Kier alpha value is -2.42. The quantitative estimate of drug-likeness (QED) is 0.654. The molecule has 0 bridgehead atoms. The molecule has 0 atom stereocenters. The van der Waals surface area contributed by atoms with Crippen LogP contribution in [0.25, 0.3) is 0 Å². The van der Waals surface area contributed by atoms with Gasteiger partial charge in [-0.1, -0.05) is 17.7 Å². The molecule has 0 heterocycles. The van der Waals surface area contributed by atoms with E-state index in [0.717, 1.165) is 5.56 Å². The number of ketones is 2. The smallest absolute Gasteiger partial charge is 0.194 e. The van der Waals surface area contributed by atoms with Crippen LogP contribution in [0.4, 0.5) is 0 Å². The van der Waals surface area contributed by atoms with E-state index in [-0.39, 0.29) is 22.9 Å². The van der Waals surface area contributed by atoms with Crippen LogP contribution < -0.4 is 0 Å². The summed E-state index contributed by atoms with van der Waals surface area (Å²) in [5.74, 6) is -0.384. The van der Waals surface area contributed by atoms with Crippen molar-refractivity contribution >= 4 is 11.6 Å². The summed E-state index contributed by atoms with van der Waals surface area (Å²) in [7, 11) is 0. The lowest BCUT2D eigenvalue weighted by Gasteiger charge is -2.17. The number of carbonyl (C=O) groups is 2. The van der Waals surface area contributed by atoms with E-state index >= 15 is 0 Å². The minimum Gasteiger partial charge on any atom is -0.508 e. The summed E-state index contributed by atoms with van der Waals surface area (Å²) in [5, 5.41) is 9.43. The molecular formula is C15H10O3. The molecule has 3 heteroatoms. The van der Waals surface area contributed by atoms with E-state index in [1.807, 2.05) is 13.0 Å². The maximum Gasteiger partial charge on any atom is 0.194 e. The number of aryl methyl sites for hydroxylation is 1. The lowest BCUT2D eigenvalue weighted by atomic mass is 9.83. The van der Waals surface area contributed by atoms with Crippen molar-refractivity contribution in [1.29, 1.82) is 0 Å². The predicted octanol–water partition coefficient (Wildman–Crippen LogP) is 2.48. The molecule has 88 valence electrons. The summed E-state index contributed by atoms with van der Waals surface area (Å²) in [6, 6.07) is 9.47. The molecule has 3 nitrogen and oxygen atoms in total. The second-order valence-corrected chi connectivity index (χ2v) is 4.44. The highest BCUT2D eigenvalue weighted by Crippen LogP contribution is 2.29. The largest absolute Gasteiger partial charge is 0.508 e. The maximum absolute atomic E-state index is 12.3. The van der Waals surface area contributed by atoms with E-state index in [9.17, 15) is 14.7 Å². The third kappa shape index (κ3) is 1.37. The lowest BCUT2D eigenvalue weighted by molar-refractivity contribution is 0.0979. The highest BCUT2D eigenvalue weighted by Gasteiger charge is 2.29. The van der Waals surface area contributed by atoms with E-state index in [2.05, 4.69) is 0 Å². The first-order chi connectivity index (χ1) is 8.58. The first-order valence-corrected chi connectivity index (χ1v) is 5.61. The van der Waals surface area contributed by atoms with E-state index in [1.54, 1.807) is 12.1 Å². The first kappa shape index (κ1) is 10.7. The van der Waals surface area contributed by atoms with Gasteiger partial charge in [-0.15, -0.1) is 0 Å². The van der Waals surface area contributed by atoms with Gasteiger partial charge in [0.1, 0.15) is 5.75 Å². The molecule has 1 N–H and O–H groups in total. The van der Waals surface area contributed by atoms with Crippen LogP contribution in [0.2, 0.25) is 0 Å². The van der Waals surface area contributed by atoms with Gasteiger partial charge in [-0.3, -0.25) is 9.59 Å². The molecule has 0 saturated carbocycles. The maximum atomic E-state index is 12.3. The van der Waals surface area contributed by atoms with Gasteiger partial charge in [-0.25, -0.2) is 0 Å². The van der Waals surface area contributed by atoms with Gasteiger partial charge in [-0.2, -0.15) is 0 Å². The number of aromatic hydroxyl groups is 1. The number of rotatable bonds is 0. The number of carbonyl (C=O) groups excluding carboxylic acids is 2. The standard InChI is InChI=1S/C15H10O3/c1-8-2-4-10-12(6-8)15(18)13-7-9(16)3-5-11(13)14(10)17/h2-7,16H,1H3. The average Bonchev–Trinajstić information content (AvgIpc) is 2.35. The summed E-state index contributed by atoms with van der Waals surface area (Å²) in [6.07, 6.45) is 0. The van der Waals surface area contributed by atoms with Gasteiger partial charge in [0.05, 0.1) is 0 Å². The van der Waals surface area contributed by atoms with Crippen molar-refractivity contribution in [3.63, 3.8) is 0 Å². The van der Waals surface area contributed by atoms with Crippen molar-refractivity contribution in [1.82, 2.24) is 0 Å². The monoisotopic (exact) mass is 238 g/mol. The van der Waals surface area contributed by atoms with Gasteiger partial charge in [-0.05, 0) is 31.2 Å². The average molecular weight is 238 g/mol. The number of fused-ring (bicyclic) bond motifs is 2. The Bertz CT molecular complexity index is 641. The zero-order chi connectivity index (χ0) is 12.9. The van der Waals surface area contributed by atoms with Crippen LogP contribution in [-0.4, -0.2) is 16.7 Å². The third-order valence-corrected chi connectivity index (χ3v) is 3.16. The molecule has 2 aromatic carbocycles. The molecule has 2 aromatic rings. The predicted molar refractivity (Wildman–Crippen MR) is 66.2 cm³/mol. The fourth-order valence-electron chi connectivity index (χ4n) is 2.25. The van der Waals surface area contributed by atoms with Gasteiger partial charge in [0.2, 0.25) is 0 Å². The SMILES string of the molecule is Cc1ccc2c(c1)C(=O)c1cc(O)ccc1C2=O. The van der Waals surface area contributed by atoms with E-state index in [0.29, 0.717) is 16.7 Å². The van der Waals surface area contributed by atoms with E-state index in [1.165, 1.54) is 18.2 Å². The highest BCUT2D eigenvalue weighted by atomic mass is 16.3. The molecule has 0 saturated heterocycles. The van der Waals surface area contributed by atoms with Gasteiger partial charge in [0, 0.05) is 22.3 Å². The lowest BCUT2D eigenvalue weighted by Crippen LogP contribution is -2.20. The van der Waals surface area contributed by atoms with Crippen LogP contribution in [-0.2, 0) is 0 Å².